The molecule has 1 unspecified atom stereocenters. The van der Waals surface area contributed by atoms with Gasteiger partial charge in [0.25, 0.3) is 0 Å². The van der Waals surface area contributed by atoms with Gasteiger partial charge in [-0.05, 0) is 28.8 Å². The zero-order valence-electron chi connectivity index (χ0n) is 8.16. The Morgan fingerprint density at radius 2 is 2.36 bits per heavy atom. The highest BCUT2D eigenvalue weighted by Crippen LogP contribution is 2.33. The predicted octanol–water partition coefficient (Wildman–Crippen LogP) is 2.41. The Labute approximate surface area is 91.6 Å². The Hall–Kier alpha value is -0.640. The maximum absolute atomic E-state index is 11.7. The highest BCUT2D eigenvalue weighted by molar-refractivity contribution is 9.10. The van der Waals surface area contributed by atoms with E-state index in [-0.39, 0.29) is 5.92 Å². The number of Topliss-reactive ketones (excluding diaryl/α,β-unsaturated/α-hetero) is 1. The lowest BCUT2D eigenvalue weighted by Gasteiger charge is -2.20. The first-order valence-corrected chi connectivity index (χ1v) is 5.69. The molecule has 0 amide bonds. The molecule has 3 nitrogen and oxygen atoms in total. The highest BCUT2D eigenvalue weighted by atomic mass is 79.9. The number of hydrogen-bond acceptors (Lipinski definition) is 2. The van der Waals surface area contributed by atoms with E-state index in [2.05, 4.69) is 21.0 Å². The minimum atomic E-state index is 0.0608. The summed E-state index contributed by atoms with van der Waals surface area (Å²) in [6.45, 7) is 0. The number of ketones is 1. The summed E-state index contributed by atoms with van der Waals surface area (Å²) in [7, 11) is 1.89. The summed E-state index contributed by atoms with van der Waals surface area (Å²) in [4.78, 5) is 11.7. The summed E-state index contributed by atoms with van der Waals surface area (Å²) in [5, 5.41) is 4.14. The van der Waals surface area contributed by atoms with Gasteiger partial charge in [0, 0.05) is 13.5 Å². The third kappa shape index (κ3) is 1.63. The first-order chi connectivity index (χ1) is 6.70. The average molecular weight is 257 g/mol. The van der Waals surface area contributed by atoms with Crippen LogP contribution in [0.25, 0.3) is 0 Å². The molecule has 2 rings (SSSR count). The maximum Gasteiger partial charge on any atom is 0.141 e. The Morgan fingerprint density at radius 1 is 1.57 bits per heavy atom. The van der Waals surface area contributed by atoms with E-state index in [1.807, 2.05) is 7.05 Å². The fourth-order valence-corrected chi connectivity index (χ4v) is 2.71. The normalized spacial score (nSPS) is 22.7. The molecular formula is C10H13BrN2O. The van der Waals surface area contributed by atoms with Crippen LogP contribution in [0.1, 0.15) is 37.3 Å². The molecule has 1 aromatic rings. The molecule has 0 radical (unpaired) electrons. The van der Waals surface area contributed by atoms with Gasteiger partial charge in [-0.3, -0.25) is 9.48 Å². The van der Waals surface area contributed by atoms with Crippen LogP contribution in [0.15, 0.2) is 10.7 Å². The molecule has 0 saturated heterocycles. The summed E-state index contributed by atoms with van der Waals surface area (Å²) in [6, 6.07) is 0. The van der Waals surface area contributed by atoms with Gasteiger partial charge in [-0.2, -0.15) is 5.10 Å². The minimum Gasteiger partial charge on any atom is -0.299 e. The number of halogens is 1. The molecule has 4 heteroatoms. The lowest BCUT2D eigenvalue weighted by Crippen LogP contribution is -2.20. The zero-order valence-corrected chi connectivity index (χ0v) is 9.75. The molecule has 1 atom stereocenters. The van der Waals surface area contributed by atoms with Crippen molar-refractivity contribution in [1.29, 1.82) is 0 Å². The fraction of sp³-hybridized carbons (Fsp3) is 0.600. The van der Waals surface area contributed by atoms with Crippen LogP contribution < -0.4 is 0 Å². The monoisotopic (exact) mass is 256 g/mol. The number of nitrogens with zero attached hydrogens (tertiary/aromatic N) is 2. The van der Waals surface area contributed by atoms with Crippen LogP contribution >= 0.6 is 15.9 Å². The summed E-state index contributed by atoms with van der Waals surface area (Å²) >= 11 is 3.44. The second-order valence-corrected chi connectivity index (χ2v) is 4.62. The standard InChI is InChI=1S/C10H13BrN2O/c1-13-10(8(11)6-12-13)7-4-2-3-5-9(7)14/h6-7H,2-5H2,1H3. The lowest BCUT2D eigenvalue weighted by atomic mass is 9.86. The molecule has 1 aliphatic rings. The van der Waals surface area contributed by atoms with Crippen LogP contribution in [0.2, 0.25) is 0 Å². The predicted molar refractivity (Wildman–Crippen MR) is 57.1 cm³/mol. The molecule has 0 aromatic carbocycles. The molecule has 76 valence electrons. The molecule has 1 saturated carbocycles. The molecule has 0 spiro atoms. The van der Waals surface area contributed by atoms with Crippen molar-refractivity contribution >= 4 is 21.7 Å². The van der Waals surface area contributed by atoms with Crippen molar-refractivity contribution in [3.8, 4) is 0 Å². The van der Waals surface area contributed by atoms with E-state index in [4.69, 9.17) is 0 Å². The molecular weight excluding hydrogens is 244 g/mol. The number of rotatable bonds is 1. The first kappa shape index (κ1) is 9.90. The van der Waals surface area contributed by atoms with E-state index >= 15 is 0 Å². The number of carbonyl (C=O) groups excluding carboxylic acids is 1. The smallest absolute Gasteiger partial charge is 0.141 e. The van der Waals surface area contributed by atoms with Gasteiger partial charge in [0.2, 0.25) is 0 Å². The van der Waals surface area contributed by atoms with Crippen molar-refractivity contribution in [3.63, 3.8) is 0 Å². The van der Waals surface area contributed by atoms with Crippen LogP contribution in [0.4, 0.5) is 0 Å². The maximum atomic E-state index is 11.7. The fourth-order valence-electron chi connectivity index (χ4n) is 2.08. The summed E-state index contributed by atoms with van der Waals surface area (Å²) in [5.74, 6) is 0.422. The van der Waals surface area contributed by atoms with E-state index < -0.39 is 0 Å². The first-order valence-electron chi connectivity index (χ1n) is 4.90. The Bertz CT molecular complexity index is 340. The van der Waals surface area contributed by atoms with Crippen molar-refractivity contribution in [2.75, 3.05) is 0 Å². The number of aromatic nitrogens is 2. The van der Waals surface area contributed by atoms with E-state index in [1.54, 1.807) is 10.9 Å². The number of carbonyl (C=O) groups is 1. The minimum absolute atomic E-state index is 0.0608. The molecule has 0 bridgehead atoms. The summed E-state index contributed by atoms with van der Waals surface area (Å²) in [6.07, 6.45) is 5.65. The Morgan fingerprint density at radius 3 is 2.93 bits per heavy atom. The molecule has 1 heterocycles. The molecule has 0 aliphatic heterocycles. The van der Waals surface area contributed by atoms with Crippen LogP contribution in [-0.4, -0.2) is 15.6 Å². The van der Waals surface area contributed by atoms with Crippen molar-refractivity contribution in [2.24, 2.45) is 7.05 Å². The van der Waals surface area contributed by atoms with E-state index in [1.165, 1.54) is 0 Å². The third-order valence-electron chi connectivity index (χ3n) is 2.82. The van der Waals surface area contributed by atoms with Gasteiger partial charge in [-0.1, -0.05) is 6.42 Å². The van der Waals surface area contributed by atoms with Gasteiger partial charge < -0.3 is 0 Å². The van der Waals surface area contributed by atoms with Gasteiger partial charge >= 0.3 is 0 Å². The van der Waals surface area contributed by atoms with Gasteiger partial charge in [0.05, 0.1) is 22.3 Å². The van der Waals surface area contributed by atoms with Crippen molar-refractivity contribution < 1.29 is 4.79 Å². The largest absolute Gasteiger partial charge is 0.299 e. The second kappa shape index (κ2) is 3.85. The van der Waals surface area contributed by atoms with Gasteiger partial charge in [-0.25, -0.2) is 0 Å². The topological polar surface area (TPSA) is 34.9 Å². The van der Waals surface area contributed by atoms with E-state index in [9.17, 15) is 4.79 Å². The van der Waals surface area contributed by atoms with E-state index in [0.29, 0.717) is 5.78 Å². The van der Waals surface area contributed by atoms with Crippen LogP contribution in [0, 0.1) is 0 Å². The van der Waals surface area contributed by atoms with Crippen molar-refractivity contribution in [2.45, 2.75) is 31.6 Å². The number of aryl methyl sites for hydroxylation is 1. The highest BCUT2D eigenvalue weighted by Gasteiger charge is 2.27. The molecule has 1 fully saturated rings. The summed E-state index contributed by atoms with van der Waals surface area (Å²) in [5.41, 5.74) is 1.04. The van der Waals surface area contributed by atoms with Crippen molar-refractivity contribution in [1.82, 2.24) is 9.78 Å². The van der Waals surface area contributed by atoms with E-state index in [0.717, 1.165) is 35.8 Å². The molecule has 0 N–H and O–H groups in total. The molecule has 1 aliphatic carbocycles. The molecule has 1 aromatic heterocycles. The lowest BCUT2D eigenvalue weighted by molar-refractivity contribution is -0.122. The van der Waals surface area contributed by atoms with Gasteiger partial charge in [0.15, 0.2) is 0 Å². The number of hydrogen-bond donors (Lipinski definition) is 0. The third-order valence-corrected chi connectivity index (χ3v) is 3.43. The second-order valence-electron chi connectivity index (χ2n) is 3.77. The summed E-state index contributed by atoms with van der Waals surface area (Å²) < 4.78 is 2.76. The average Bonchev–Trinajstić information content (AvgIpc) is 2.48. The van der Waals surface area contributed by atoms with Crippen LogP contribution in [0.5, 0.6) is 0 Å². The molecule has 14 heavy (non-hydrogen) atoms. The Balaban J connectivity index is 2.33. The van der Waals surface area contributed by atoms with Gasteiger partial charge in [0.1, 0.15) is 5.78 Å². The quantitative estimate of drug-likeness (QED) is 0.774. The van der Waals surface area contributed by atoms with Gasteiger partial charge in [-0.15, -0.1) is 0 Å². The SMILES string of the molecule is Cn1ncc(Br)c1C1CCCCC1=O. The zero-order chi connectivity index (χ0) is 10.1. The van der Waals surface area contributed by atoms with Crippen LogP contribution in [0.3, 0.4) is 0 Å². The van der Waals surface area contributed by atoms with Crippen LogP contribution in [-0.2, 0) is 11.8 Å². The van der Waals surface area contributed by atoms with Crippen molar-refractivity contribution in [3.05, 3.63) is 16.4 Å². The Kier molecular flexibility index (Phi) is 2.72.